The Kier molecular flexibility index (Phi) is 4.20. The number of hydrogen-bond acceptors (Lipinski definition) is 4. The molecule has 1 aromatic carbocycles. The summed E-state index contributed by atoms with van der Waals surface area (Å²) in [4.78, 5) is 27.4. The molecular formula is C18H17ClN4O2S. The summed E-state index contributed by atoms with van der Waals surface area (Å²) >= 11 is 7.68. The molecule has 0 aliphatic carbocycles. The number of para-hydroxylation sites is 1. The van der Waals surface area contributed by atoms with E-state index in [0.29, 0.717) is 22.9 Å². The number of nitrogens with zero attached hydrogens (tertiary/aromatic N) is 3. The second-order valence-electron chi connectivity index (χ2n) is 6.43. The molecule has 2 amide bonds. The van der Waals surface area contributed by atoms with E-state index < -0.39 is 0 Å². The first kappa shape index (κ1) is 17.1. The number of aryl methyl sites for hydroxylation is 1. The minimum Gasteiger partial charge on any atom is -0.346 e. The van der Waals surface area contributed by atoms with Gasteiger partial charge in [-0.05, 0) is 25.1 Å². The van der Waals surface area contributed by atoms with Crippen molar-refractivity contribution < 1.29 is 9.59 Å². The van der Waals surface area contributed by atoms with Crippen molar-refractivity contribution in [1.29, 1.82) is 0 Å². The summed E-state index contributed by atoms with van der Waals surface area (Å²) in [7, 11) is 1.75. The van der Waals surface area contributed by atoms with Crippen LogP contribution in [0.3, 0.4) is 0 Å². The standard InChI is InChI=1S/C18H17ClN4O2S/c1-10-12-8-15(17(25)20-11-7-16(24)22(2)9-11)26-18(12)23(21-10)14-6-4-3-5-13(14)19/h3-6,8,11H,7,9H2,1-2H3,(H,20,25)/t11-/m0/s1. The highest BCUT2D eigenvalue weighted by atomic mass is 35.5. The van der Waals surface area contributed by atoms with Crippen molar-refractivity contribution in [2.45, 2.75) is 19.4 Å². The average Bonchev–Trinajstić information content (AvgIpc) is 3.25. The summed E-state index contributed by atoms with van der Waals surface area (Å²) in [6.45, 7) is 2.45. The number of likely N-dealkylation sites (tertiary alicyclic amines) is 1. The molecule has 0 radical (unpaired) electrons. The van der Waals surface area contributed by atoms with E-state index >= 15 is 0 Å². The largest absolute Gasteiger partial charge is 0.346 e. The lowest BCUT2D eigenvalue weighted by atomic mass is 10.2. The zero-order chi connectivity index (χ0) is 18.4. The molecule has 1 fully saturated rings. The lowest BCUT2D eigenvalue weighted by molar-refractivity contribution is -0.126. The van der Waals surface area contributed by atoms with E-state index in [1.54, 1.807) is 16.6 Å². The number of nitrogens with one attached hydrogen (secondary N) is 1. The number of aromatic nitrogens is 2. The number of thiophene rings is 1. The Balaban J connectivity index is 1.66. The summed E-state index contributed by atoms with van der Waals surface area (Å²) in [6.07, 6.45) is 0.347. The highest BCUT2D eigenvalue weighted by molar-refractivity contribution is 7.20. The van der Waals surface area contributed by atoms with Gasteiger partial charge in [-0.15, -0.1) is 11.3 Å². The first-order valence-electron chi connectivity index (χ1n) is 8.23. The molecule has 0 unspecified atom stereocenters. The zero-order valence-electron chi connectivity index (χ0n) is 14.3. The fourth-order valence-corrected chi connectivity index (χ4v) is 4.46. The molecule has 4 rings (SSSR count). The van der Waals surface area contributed by atoms with E-state index in [1.807, 2.05) is 37.3 Å². The third-order valence-electron chi connectivity index (χ3n) is 4.53. The summed E-state index contributed by atoms with van der Waals surface area (Å²) in [5, 5.41) is 9.05. The molecule has 3 heterocycles. The Labute approximate surface area is 159 Å². The van der Waals surface area contributed by atoms with Crippen LogP contribution in [0, 0.1) is 6.92 Å². The fraction of sp³-hybridized carbons (Fsp3) is 0.278. The van der Waals surface area contributed by atoms with E-state index in [1.165, 1.54) is 11.3 Å². The Morgan fingerprint density at radius 1 is 1.38 bits per heavy atom. The van der Waals surface area contributed by atoms with Gasteiger partial charge >= 0.3 is 0 Å². The molecule has 2 aromatic heterocycles. The van der Waals surface area contributed by atoms with Gasteiger partial charge in [0, 0.05) is 25.4 Å². The maximum absolute atomic E-state index is 12.6. The number of fused-ring (bicyclic) bond motifs is 1. The van der Waals surface area contributed by atoms with Gasteiger partial charge in [0.25, 0.3) is 5.91 Å². The Morgan fingerprint density at radius 3 is 2.85 bits per heavy atom. The molecule has 0 spiro atoms. The number of carbonyl (C=O) groups excluding carboxylic acids is 2. The minimum absolute atomic E-state index is 0.0526. The summed E-state index contributed by atoms with van der Waals surface area (Å²) in [5.74, 6) is -0.110. The molecular weight excluding hydrogens is 372 g/mol. The lowest BCUT2D eigenvalue weighted by Gasteiger charge is -2.11. The van der Waals surface area contributed by atoms with Gasteiger partial charge in [0.2, 0.25) is 5.91 Å². The molecule has 1 aliphatic heterocycles. The average molecular weight is 389 g/mol. The molecule has 1 saturated heterocycles. The molecule has 3 aromatic rings. The predicted octanol–water partition coefficient (Wildman–Crippen LogP) is 3.01. The van der Waals surface area contributed by atoms with Gasteiger partial charge in [-0.3, -0.25) is 9.59 Å². The number of halogens is 1. The fourth-order valence-electron chi connectivity index (χ4n) is 3.16. The molecule has 0 bridgehead atoms. The topological polar surface area (TPSA) is 67.2 Å². The molecule has 6 nitrogen and oxygen atoms in total. The van der Waals surface area contributed by atoms with Crippen LogP contribution in [-0.4, -0.2) is 46.1 Å². The Bertz CT molecular complexity index is 1030. The van der Waals surface area contributed by atoms with Crippen molar-refractivity contribution in [1.82, 2.24) is 20.0 Å². The molecule has 134 valence electrons. The third kappa shape index (κ3) is 2.87. The van der Waals surface area contributed by atoms with Crippen molar-refractivity contribution in [3.05, 3.63) is 45.9 Å². The van der Waals surface area contributed by atoms with Crippen molar-refractivity contribution in [2.75, 3.05) is 13.6 Å². The van der Waals surface area contributed by atoms with Gasteiger partial charge in [-0.1, -0.05) is 23.7 Å². The second-order valence-corrected chi connectivity index (χ2v) is 7.86. The van der Waals surface area contributed by atoms with E-state index in [0.717, 1.165) is 21.6 Å². The third-order valence-corrected chi connectivity index (χ3v) is 5.95. The van der Waals surface area contributed by atoms with Gasteiger partial charge in [-0.2, -0.15) is 5.10 Å². The molecule has 8 heteroatoms. The van der Waals surface area contributed by atoms with Crippen LogP contribution in [0.25, 0.3) is 15.9 Å². The van der Waals surface area contributed by atoms with Gasteiger partial charge in [0.15, 0.2) is 0 Å². The monoisotopic (exact) mass is 388 g/mol. The number of benzene rings is 1. The highest BCUT2D eigenvalue weighted by Gasteiger charge is 2.29. The van der Waals surface area contributed by atoms with E-state index in [9.17, 15) is 9.59 Å². The normalized spacial score (nSPS) is 17.3. The number of amides is 2. The number of hydrogen-bond donors (Lipinski definition) is 1. The van der Waals surface area contributed by atoms with Crippen molar-refractivity contribution in [2.24, 2.45) is 0 Å². The van der Waals surface area contributed by atoms with Crippen LogP contribution in [0.2, 0.25) is 5.02 Å². The molecule has 1 aliphatic rings. The van der Waals surface area contributed by atoms with Crippen molar-refractivity contribution >= 4 is 45.0 Å². The van der Waals surface area contributed by atoms with Gasteiger partial charge < -0.3 is 10.2 Å². The first-order valence-corrected chi connectivity index (χ1v) is 9.42. The first-order chi connectivity index (χ1) is 12.4. The van der Waals surface area contributed by atoms with E-state index in [-0.39, 0.29) is 17.9 Å². The maximum Gasteiger partial charge on any atom is 0.261 e. The minimum atomic E-state index is -0.163. The molecule has 1 atom stereocenters. The number of rotatable bonds is 3. The van der Waals surface area contributed by atoms with Crippen LogP contribution in [0.15, 0.2) is 30.3 Å². The lowest BCUT2D eigenvalue weighted by Crippen LogP contribution is -2.36. The Hall–Kier alpha value is -2.38. The number of likely N-dealkylation sites (N-methyl/N-ethyl adjacent to an activating group) is 1. The van der Waals surface area contributed by atoms with Crippen molar-refractivity contribution in [3.63, 3.8) is 0 Å². The van der Waals surface area contributed by atoms with Gasteiger partial charge in [0.1, 0.15) is 4.83 Å². The quantitative estimate of drug-likeness (QED) is 0.750. The molecule has 26 heavy (non-hydrogen) atoms. The smallest absolute Gasteiger partial charge is 0.261 e. The van der Waals surface area contributed by atoms with E-state index in [2.05, 4.69) is 10.4 Å². The second kappa shape index (κ2) is 6.41. The highest BCUT2D eigenvalue weighted by Crippen LogP contribution is 2.32. The van der Waals surface area contributed by atoms with Crippen LogP contribution in [0.5, 0.6) is 0 Å². The molecule has 0 saturated carbocycles. The zero-order valence-corrected chi connectivity index (χ0v) is 15.9. The summed E-state index contributed by atoms with van der Waals surface area (Å²) < 4.78 is 1.78. The maximum atomic E-state index is 12.6. The molecule has 1 N–H and O–H groups in total. The summed E-state index contributed by atoms with van der Waals surface area (Å²) in [5.41, 5.74) is 1.62. The van der Waals surface area contributed by atoms with Crippen molar-refractivity contribution in [3.8, 4) is 5.69 Å². The summed E-state index contributed by atoms with van der Waals surface area (Å²) in [6, 6.07) is 9.19. The van der Waals surface area contributed by atoms with Crippen LogP contribution in [0.4, 0.5) is 0 Å². The predicted molar refractivity (Wildman–Crippen MR) is 102 cm³/mol. The van der Waals surface area contributed by atoms with Crippen LogP contribution in [0.1, 0.15) is 21.8 Å². The van der Waals surface area contributed by atoms with E-state index in [4.69, 9.17) is 11.6 Å². The van der Waals surface area contributed by atoms with Crippen LogP contribution >= 0.6 is 22.9 Å². The SMILES string of the molecule is Cc1nn(-c2ccccc2Cl)c2sc(C(=O)N[C@H]3CC(=O)N(C)C3)cc12. The Morgan fingerprint density at radius 2 is 2.15 bits per heavy atom. The number of carbonyl (C=O) groups is 2. The van der Waals surface area contributed by atoms with Crippen LogP contribution < -0.4 is 5.32 Å². The van der Waals surface area contributed by atoms with Gasteiger partial charge in [-0.25, -0.2) is 4.68 Å². The van der Waals surface area contributed by atoms with Crippen LogP contribution in [-0.2, 0) is 4.79 Å². The van der Waals surface area contributed by atoms with Gasteiger partial charge in [0.05, 0.1) is 27.3 Å².